The van der Waals surface area contributed by atoms with E-state index in [4.69, 9.17) is 4.43 Å². The van der Waals surface area contributed by atoms with Crippen LogP contribution in [0, 0.1) is 0 Å². The molecule has 0 saturated carbocycles. The van der Waals surface area contributed by atoms with Crippen molar-refractivity contribution in [3.05, 3.63) is 0 Å². The van der Waals surface area contributed by atoms with Crippen LogP contribution in [0.1, 0.15) is 6.92 Å². The third-order valence-corrected chi connectivity index (χ3v) is 6.75. The SMILES string of the molecule is CC(O[Si](C)(C)C)(C(=O)O)[Si](C)(C)C. The number of rotatable bonds is 4. The molecular formula is C9H22O3Si2. The predicted molar refractivity (Wildman–Crippen MR) is 63.8 cm³/mol. The van der Waals surface area contributed by atoms with Crippen LogP contribution in [-0.2, 0) is 9.22 Å². The van der Waals surface area contributed by atoms with Gasteiger partial charge in [0.05, 0.1) is 8.07 Å². The normalized spacial score (nSPS) is 17.6. The van der Waals surface area contributed by atoms with Crippen LogP contribution in [0.25, 0.3) is 0 Å². The van der Waals surface area contributed by atoms with E-state index < -0.39 is 27.6 Å². The van der Waals surface area contributed by atoms with Gasteiger partial charge in [-0.1, -0.05) is 19.6 Å². The number of carbonyl (C=O) groups is 1. The third-order valence-electron chi connectivity index (χ3n) is 2.35. The Balaban J connectivity index is 5.04. The van der Waals surface area contributed by atoms with Gasteiger partial charge < -0.3 is 9.53 Å². The molecule has 0 aliphatic rings. The summed E-state index contributed by atoms with van der Waals surface area (Å²) in [5, 5.41) is 8.30. The van der Waals surface area contributed by atoms with Crippen LogP contribution in [0.2, 0.25) is 39.3 Å². The summed E-state index contributed by atoms with van der Waals surface area (Å²) in [6.07, 6.45) is 0. The van der Waals surface area contributed by atoms with Gasteiger partial charge in [-0.15, -0.1) is 0 Å². The van der Waals surface area contributed by atoms with E-state index in [0.29, 0.717) is 0 Å². The Hall–Kier alpha value is -0.136. The largest absolute Gasteiger partial charge is 0.479 e. The van der Waals surface area contributed by atoms with E-state index in [9.17, 15) is 9.90 Å². The van der Waals surface area contributed by atoms with Gasteiger partial charge in [-0.2, -0.15) is 0 Å². The number of carboxylic acid groups (broad SMARTS) is 1. The molecule has 0 aromatic heterocycles. The first-order valence-electron chi connectivity index (χ1n) is 4.84. The van der Waals surface area contributed by atoms with E-state index in [0.717, 1.165) is 0 Å². The Morgan fingerprint density at radius 1 is 1.14 bits per heavy atom. The van der Waals surface area contributed by atoms with Crippen LogP contribution in [0.3, 0.4) is 0 Å². The molecule has 1 N–H and O–H groups in total. The van der Waals surface area contributed by atoms with Gasteiger partial charge in [0, 0.05) is 0 Å². The first-order valence-corrected chi connectivity index (χ1v) is 11.7. The van der Waals surface area contributed by atoms with Crippen LogP contribution < -0.4 is 0 Å². The molecule has 0 aliphatic carbocycles. The highest BCUT2D eigenvalue weighted by Gasteiger charge is 2.49. The lowest BCUT2D eigenvalue weighted by Crippen LogP contribution is -2.61. The standard InChI is InChI=1S/C9H22O3Si2/c1-9(8(10)11,13(2,3)4)12-14(5,6)7/h1-7H3,(H,10,11). The van der Waals surface area contributed by atoms with Crippen LogP contribution in [0.4, 0.5) is 0 Å². The molecule has 14 heavy (non-hydrogen) atoms. The van der Waals surface area contributed by atoms with Gasteiger partial charge in [-0.05, 0) is 26.6 Å². The van der Waals surface area contributed by atoms with Crippen LogP contribution in [0.15, 0.2) is 0 Å². The quantitative estimate of drug-likeness (QED) is 0.761. The Morgan fingerprint density at radius 3 is 1.57 bits per heavy atom. The Morgan fingerprint density at radius 2 is 1.50 bits per heavy atom. The lowest BCUT2D eigenvalue weighted by molar-refractivity contribution is -0.148. The molecule has 3 nitrogen and oxygen atoms in total. The molecule has 84 valence electrons. The molecule has 0 spiro atoms. The molecule has 0 radical (unpaired) electrons. The maximum Gasteiger partial charge on any atom is 0.330 e. The average Bonchev–Trinajstić information content (AvgIpc) is 1.79. The maximum absolute atomic E-state index is 11.3. The number of carboxylic acids is 1. The lowest BCUT2D eigenvalue weighted by atomic mass is 10.4. The second-order valence-corrected chi connectivity index (χ2v) is 15.7. The van der Waals surface area contributed by atoms with Gasteiger partial charge in [-0.25, -0.2) is 4.79 Å². The van der Waals surface area contributed by atoms with Gasteiger partial charge in [0.2, 0.25) is 0 Å². The minimum absolute atomic E-state index is 0.820. The minimum atomic E-state index is -1.87. The molecule has 0 heterocycles. The van der Waals surface area contributed by atoms with Crippen molar-refractivity contribution in [1.82, 2.24) is 0 Å². The summed E-state index contributed by atoms with van der Waals surface area (Å²) in [5.41, 5.74) is 0. The smallest absolute Gasteiger partial charge is 0.330 e. The molecule has 5 heteroatoms. The number of hydrogen-bond donors (Lipinski definition) is 1. The molecule has 0 saturated heterocycles. The van der Waals surface area contributed by atoms with Gasteiger partial charge in [0.1, 0.15) is 5.22 Å². The fraction of sp³-hybridized carbons (Fsp3) is 0.889. The summed E-state index contributed by atoms with van der Waals surface area (Å²) >= 11 is 0. The number of aliphatic carboxylic acids is 1. The summed E-state index contributed by atoms with van der Waals surface area (Å²) in [7, 11) is -3.68. The molecule has 0 bridgehead atoms. The zero-order valence-corrected chi connectivity index (χ0v) is 12.3. The highest BCUT2D eigenvalue weighted by atomic mass is 28.4. The zero-order chi connectivity index (χ0) is 11.8. The van der Waals surface area contributed by atoms with Gasteiger partial charge >= 0.3 is 5.97 Å². The number of hydrogen-bond acceptors (Lipinski definition) is 2. The summed E-state index contributed by atoms with van der Waals surface area (Å²) in [5.74, 6) is -0.820. The minimum Gasteiger partial charge on any atom is -0.479 e. The van der Waals surface area contributed by atoms with Crippen molar-refractivity contribution < 1.29 is 14.3 Å². The average molecular weight is 234 g/mol. The Bertz CT molecular complexity index is 227. The van der Waals surface area contributed by atoms with E-state index in [1.54, 1.807) is 6.92 Å². The highest BCUT2D eigenvalue weighted by Crippen LogP contribution is 2.28. The van der Waals surface area contributed by atoms with Crippen molar-refractivity contribution in [2.75, 3.05) is 0 Å². The fourth-order valence-corrected chi connectivity index (χ4v) is 5.23. The van der Waals surface area contributed by atoms with Crippen molar-refractivity contribution in [2.24, 2.45) is 0 Å². The maximum atomic E-state index is 11.3. The van der Waals surface area contributed by atoms with Crippen molar-refractivity contribution in [3.63, 3.8) is 0 Å². The van der Waals surface area contributed by atoms with E-state index >= 15 is 0 Å². The molecule has 0 fully saturated rings. The van der Waals surface area contributed by atoms with Crippen molar-refractivity contribution >= 4 is 22.4 Å². The molecule has 0 rings (SSSR count). The van der Waals surface area contributed by atoms with Crippen molar-refractivity contribution in [3.8, 4) is 0 Å². The van der Waals surface area contributed by atoms with Crippen LogP contribution >= 0.6 is 0 Å². The van der Waals surface area contributed by atoms with Gasteiger partial charge in [-0.3, -0.25) is 0 Å². The highest BCUT2D eigenvalue weighted by molar-refractivity contribution is 6.83. The van der Waals surface area contributed by atoms with E-state index in [-0.39, 0.29) is 0 Å². The van der Waals surface area contributed by atoms with Crippen LogP contribution in [-0.4, -0.2) is 32.7 Å². The second kappa shape index (κ2) is 3.79. The monoisotopic (exact) mass is 234 g/mol. The molecule has 0 aromatic carbocycles. The molecule has 1 atom stereocenters. The fourth-order valence-electron chi connectivity index (χ4n) is 1.13. The first kappa shape index (κ1) is 13.9. The zero-order valence-electron chi connectivity index (χ0n) is 10.3. The summed E-state index contributed by atoms with van der Waals surface area (Å²) in [6, 6.07) is 0. The van der Waals surface area contributed by atoms with Gasteiger partial charge in [0.25, 0.3) is 0 Å². The molecule has 0 aliphatic heterocycles. The molecule has 0 aromatic rings. The predicted octanol–water partition coefficient (Wildman–Crippen LogP) is 2.56. The first-order chi connectivity index (χ1) is 5.90. The summed E-state index contributed by atoms with van der Waals surface area (Å²) in [6.45, 7) is 13.9. The summed E-state index contributed by atoms with van der Waals surface area (Å²) < 4.78 is 5.85. The van der Waals surface area contributed by atoms with E-state index in [1.165, 1.54) is 0 Å². The topological polar surface area (TPSA) is 46.5 Å². The van der Waals surface area contributed by atoms with Gasteiger partial charge in [0.15, 0.2) is 8.32 Å². The third kappa shape index (κ3) is 3.22. The van der Waals surface area contributed by atoms with Crippen LogP contribution in [0.5, 0.6) is 0 Å². The summed E-state index contributed by atoms with van der Waals surface area (Å²) in [4.78, 5) is 11.3. The Kier molecular flexibility index (Phi) is 3.75. The second-order valence-electron chi connectivity index (χ2n) is 5.80. The molecule has 1 unspecified atom stereocenters. The van der Waals surface area contributed by atoms with Crippen molar-refractivity contribution in [1.29, 1.82) is 0 Å². The molecular weight excluding hydrogens is 212 g/mol. The molecule has 0 amide bonds. The lowest BCUT2D eigenvalue weighted by Gasteiger charge is -2.41. The van der Waals surface area contributed by atoms with E-state index in [1.807, 2.05) is 39.3 Å². The van der Waals surface area contributed by atoms with Crippen molar-refractivity contribution in [2.45, 2.75) is 51.4 Å². The van der Waals surface area contributed by atoms with E-state index in [2.05, 4.69) is 0 Å². The Labute approximate surface area is 88.6 Å².